The van der Waals surface area contributed by atoms with Crippen molar-refractivity contribution in [3.8, 4) is 11.4 Å². The van der Waals surface area contributed by atoms with Gasteiger partial charge in [-0.15, -0.1) is 10.2 Å². The Kier molecular flexibility index (Phi) is 4.82. The van der Waals surface area contributed by atoms with Crippen LogP contribution in [0.2, 0.25) is 10.0 Å². The number of fused-ring (bicyclic) bond motifs is 1. The number of halogens is 2. The van der Waals surface area contributed by atoms with E-state index in [0.717, 1.165) is 16.0 Å². The monoisotopic (exact) mass is 417 g/mol. The maximum atomic E-state index is 12.6. The molecule has 4 rings (SSSR count). The summed E-state index contributed by atoms with van der Waals surface area (Å²) in [6, 6.07) is 12.9. The molecule has 0 unspecified atom stereocenters. The van der Waals surface area contributed by atoms with E-state index in [1.807, 2.05) is 41.8 Å². The molecule has 0 saturated carbocycles. The van der Waals surface area contributed by atoms with Crippen molar-refractivity contribution in [2.75, 3.05) is 5.32 Å². The highest BCUT2D eigenvalue weighted by Gasteiger charge is 2.18. The first-order chi connectivity index (χ1) is 13.0. The smallest absolute Gasteiger partial charge is 0.246 e. The molecule has 0 radical (unpaired) electrons. The summed E-state index contributed by atoms with van der Waals surface area (Å²) in [7, 11) is 0. The fourth-order valence-corrected chi connectivity index (χ4v) is 3.76. The average Bonchev–Trinajstić information content (AvgIpc) is 3.21. The van der Waals surface area contributed by atoms with Crippen molar-refractivity contribution in [2.24, 2.45) is 0 Å². The van der Waals surface area contributed by atoms with Gasteiger partial charge < -0.3 is 4.57 Å². The Morgan fingerprint density at radius 3 is 2.74 bits per heavy atom. The minimum atomic E-state index is -0.228. The first-order valence-corrected chi connectivity index (χ1v) is 9.60. The van der Waals surface area contributed by atoms with Crippen molar-refractivity contribution in [1.29, 1.82) is 0 Å². The summed E-state index contributed by atoms with van der Waals surface area (Å²) < 4.78 is 1.82. The molecule has 0 aliphatic carbocycles. The molecule has 0 aliphatic heterocycles. The predicted octanol–water partition coefficient (Wildman–Crippen LogP) is 4.81. The summed E-state index contributed by atoms with van der Waals surface area (Å²) in [5, 5.41) is 12.7. The van der Waals surface area contributed by atoms with Gasteiger partial charge >= 0.3 is 0 Å². The number of carbonyl (C=O) groups is 1. The van der Waals surface area contributed by atoms with Crippen LogP contribution in [0.4, 0.5) is 5.13 Å². The van der Waals surface area contributed by atoms with Crippen LogP contribution in [0.15, 0.2) is 42.5 Å². The third-order valence-corrected chi connectivity index (χ3v) is 5.49. The molecule has 136 valence electrons. The van der Waals surface area contributed by atoms with E-state index in [1.165, 1.54) is 11.3 Å². The zero-order chi connectivity index (χ0) is 19.0. The second kappa shape index (κ2) is 7.26. The van der Waals surface area contributed by atoms with Crippen LogP contribution in [0.1, 0.15) is 5.01 Å². The Labute approximate surface area is 168 Å². The number of carbonyl (C=O) groups excluding carboxylic acids is 1. The third kappa shape index (κ3) is 3.53. The van der Waals surface area contributed by atoms with Gasteiger partial charge in [0.1, 0.15) is 17.4 Å². The van der Waals surface area contributed by atoms with Gasteiger partial charge in [-0.1, -0.05) is 52.7 Å². The van der Waals surface area contributed by atoms with Crippen molar-refractivity contribution in [1.82, 2.24) is 19.7 Å². The lowest BCUT2D eigenvalue weighted by Gasteiger charge is -2.10. The minimum Gasteiger partial charge on any atom is -0.314 e. The second-order valence-corrected chi connectivity index (χ2v) is 7.75. The second-order valence-electron chi connectivity index (χ2n) is 5.79. The van der Waals surface area contributed by atoms with Crippen LogP contribution in [0.25, 0.3) is 22.4 Å². The molecular formula is C18H13Cl2N5OS. The number of hydrogen-bond acceptors (Lipinski definition) is 5. The SMILES string of the molecule is Cc1nnc(NC(=O)Cn2c(-c3cccc(Cl)c3Cl)nc3ccccc32)s1. The summed E-state index contributed by atoms with van der Waals surface area (Å²) >= 11 is 13.9. The number of rotatable bonds is 4. The highest BCUT2D eigenvalue weighted by atomic mass is 35.5. The minimum absolute atomic E-state index is 0.0529. The molecule has 27 heavy (non-hydrogen) atoms. The number of hydrogen-bond donors (Lipinski definition) is 1. The fraction of sp³-hybridized carbons (Fsp3) is 0.111. The quantitative estimate of drug-likeness (QED) is 0.516. The number of benzene rings is 2. The summed E-state index contributed by atoms with van der Waals surface area (Å²) in [4.78, 5) is 17.3. The van der Waals surface area contributed by atoms with Crippen LogP contribution in [0, 0.1) is 6.92 Å². The van der Waals surface area contributed by atoms with Gasteiger partial charge in [-0.25, -0.2) is 4.98 Å². The van der Waals surface area contributed by atoms with Crippen LogP contribution in [-0.2, 0) is 11.3 Å². The van der Waals surface area contributed by atoms with Gasteiger partial charge in [0.2, 0.25) is 11.0 Å². The standard InChI is InChI=1S/C18H13Cl2N5OS/c1-10-23-24-18(27-10)22-15(26)9-25-14-8-3-2-7-13(14)21-17(25)11-5-4-6-12(19)16(11)20/h2-8H,9H2,1H3,(H,22,24,26). The number of aromatic nitrogens is 4. The molecule has 0 aliphatic rings. The van der Waals surface area contributed by atoms with Gasteiger partial charge in [0.25, 0.3) is 0 Å². The van der Waals surface area contributed by atoms with Crippen LogP contribution in [-0.4, -0.2) is 25.7 Å². The van der Waals surface area contributed by atoms with Gasteiger partial charge in [0.15, 0.2) is 0 Å². The molecule has 4 aromatic rings. The summed E-state index contributed by atoms with van der Waals surface area (Å²) in [5.74, 6) is 0.348. The molecule has 0 atom stereocenters. The number of imidazole rings is 1. The molecule has 9 heteroatoms. The normalized spacial score (nSPS) is 11.1. The van der Waals surface area contributed by atoms with E-state index >= 15 is 0 Å². The van der Waals surface area contributed by atoms with Crippen LogP contribution < -0.4 is 5.32 Å². The Balaban J connectivity index is 1.76. The Bertz CT molecular complexity index is 1150. The number of nitrogens with one attached hydrogen (secondary N) is 1. The number of nitrogens with zero attached hydrogens (tertiary/aromatic N) is 4. The lowest BCUT2D eigenvalue weighted by atomic mass is 10.2. The lowest BCUT2D eigenvalue weighted by molar-refractivity contribution is -0.116. The topological polar surface area (TPSA) is 72.7 Å². The lowest BCUT2D eigenvalue weighted by Crippen LogP contribution is -2.19. The molecule has 0 saturated heterocycles. The van der Waals surface area contributed by atoms with Crippen molar-refractivity contribution in [3.05, 3.63) is 57.5 Å². The average molecular weight is 418 g/mol. The number of para-hydroxylation sites is 2. The van der Waals surface area contributed by atoms with E-state index in [0.29, 0.717) is 26.6 Å². The Hall–Kier alpha value is -2.48. The predicted molar refractivity (Wildman–Crippen MR) is 108 cm³/mol. The Morgan fingerprint density at radius 2 is 1.96 bits per heavy atom. The van der Waals surface area contributed by atoms with E-state index in [2.05, 4.69) is 20.5 Å². The summed E-state index contributed by atoms with van der Waals surface area (Å²) in [6.07, 6.45) is 0. The van der Waals surface area contributed by atoms with E-state index < -0.39 is 0 Å². The first kappa shape index (κ1) is 17.9. The first-order valence-electron chi connectivity index (χ1n) is 8.02. The van der Waals surface area contributed by atoms with Crippen molar-refractivity contribution >= 4 is 56.6 Å². The fourth-order valence-electron chi connectivity index (χ4n) is 2.77. The van der Waals surface area contributed by atoms with Gasteiger partial charge in [-0.3, -0.25) is 10.1 Å². The maximum absolute atomic E-state index is 12.6. The molecule has 2 aromatic heterocycles. The number of aryl methyl sites for hydroxylation is 1. The molecule has 1 amide bonds. The Morgan fingerprint density at radius 1 is 1.15 bits per heavy atom. The highest BCUT2D eigenvalue weighted by Crippen LogP contribution is 2.34. The zero-order valence-electron chi connectivity index (χ0n) is 14.1. The zero-order valence-corrected chi connectivity index (χ0v) is 16.4. The molecule has 1 N–H and O–H groups in total. The van der Waals surface area contributed by atoms with E-state index in [4.69, 9.17) is 23.2 Å². The number of anilines is 1. The van der Waals surface area contributed by atoms with Gasteiger partial charge in [-0.2, -0.15) is 0 Å². The van der Waals surface area contributed by atoms with Crippen LogP contribution in [0.3, 0.4) is 0 Å². The van der Waals surface area contributed by atoms with Gasteiger partial charge in [0.05, 0.1) is 21.1 Å². The van der Waals surface area contributed by atoms with Crippen molar-refractivity contribution in [2.45, 2.75) is 13.5 Å². The van der Waals surface area contributed by atoms with Crippen molar-refractivity contribution in [3.63, 3.8) is 0 Å². The molecule has 2 aromatic carbocycles. The summed E-state index contributed by atoms with van der Waals surface area (Å²) in [6.45, 7) is 1.88. The number of amides is 1. The van der Waals surface area contributed by atoms with Gasteiger partial charge in [-0.05, 0) is 31.2 Å². The van der Waals surface area contributed by atoms with Crippen LogP contribution >= 0.6 is 34.5 Å². The maximum Gasteiger partial charge on any atom is 0.246 e. The molecule has 2 heterocycles. The summed E-state index contributed by atoms with van der Waals surface area (Å²) in [5.41, 5.74) is 2.26. The highest BCUT2D eigenvalue weighted by molar-refractivity contribution is 7.15. The van der Waals surface area contributed by atoms with Gasteiger partial charge in [0, 0.05) is 5.56 Å². The largest absolute Gasteiger partial charge is 0.314 e. The van der Waals surface area contributed by atoms with E-state index in [9.17, 15) is 4.79 Å². The van der Waals surface area contributed by atoms with E-state index in [-0.39, 0.29) is 12.5 Å². The van der Waals surface area contributed by atoms with Crippen molar-refractivity contribution < 1.29 is 4.79 Å². The van der Waals surface area contributed by atoms with E-state index in [1.54, 1.807) is 12.1 Å². The molecule has 0 spiro atoms. The van der Waals surface area contributed by atoms with Crippen LogP contribution in [0.5, 0.6) is 0 Å². The molecule has 6 nitrogen and oxygen atoms in total. The molecular weight excluding hydrogens is 405 g/mol. The molecule has 0 fully saturated rings. The molecule has 0 bridgehead atoms. The third-order valence-electron chi connectivity index (χ3n) is 3.92.